The third kappa shape index (κ3) is 5.19. The highest BCUT2D eigenvalue weighted by Gasteiger charge is 2.01. The number of benzene rings is 1. The van der Waals surface area contributed by atoms with Gasteiger partial charge in [0, 0.05) is 13.2 Å². The van der Waals surface area contributed by atoms with Crippen LogP contribution in [0.1, 0.15) is 42.5 Å². The van der Waals surface area contributed by atoms with E-state index in [2.05, 4.69) is 52.1 Å². The molecule has 0 bridgehead atoms. The van der Waals surface area contributed by atoms with E-state index in [-0.39, 0.29) is 0 Å². The molecular weight excluding hydrogens is 222 g/mol. The number of rotatable bonds is 7. The van der Waals surface area contributed by atoms with Gasteiger partial charge in [0.1, 0.15) is 0 Å². The highest BCUT2D eigenvalue weighted by Crippen LogP contribution is 2.14. The Labute approximate surface area is 112 Å². The monoisotopic (exact) mass is 249 g/mol. The fourth-order valence-electron chi connectivity index (χ4n) is 1.95. The molecule has 0 atom stereocenters. The molecule has 0 fully saturated rings. The van der Waals surface area contributed by atoms with Crippen LogP contribution in [0.3, 0.4) is 0 Å². The highest BCUT2D eigenvalue weighted by molar-refractivity contribution is 5.36. The van der Waals surface area contributed by atoms with E-state index in [4.69, 9.17) is 4.74 Å². The van der Waals surface area contributed by atoms with Crippen molar-refractivity contribution in [3.63, 3.8) is 0 Å². The number of ether oxygens (including phenoxy) is 1. The third-order valence-electron chi connectivity index (χ3n) is 3.22. The summed E-state index contributed by atoms with van der Waals surface area (Å²) >= 11 is 0. The molecular formula is C16H27NO. The van der Waals surface area contributed by atoms with Crippen molar-refractivity contribution in [3.8, 4) is 0 Å². The first kappa shape index (κ1) is 15.2. The van der Waals surface area contributed by atoms with Crippen molar-refractivity contribution in [2.75, 3.05) is 13.2 Å². The van der Waals surface area contributed by atoms with Crippen molar-refractivity contribution in [2.24, 2.45) is 0 Å². The lowest BCUT2D eigenvalue weighted by Gasteiger charge is -2.11. The maximum absolute atomic E-state index is 5.51. The van der Waals surface area contributed by atoms with Gasteiger partial charge >= 0.3 is 0 Å². The molecule has 0 spiro atoms. The quantitative estimate of drug-likeness (QED) is 0.747. The molecule has 0 saturated heterocycles. The van der Waals surface area contributed by atoms with Crippen molar-refractivity contribution in [1.82, 2.24) is 5.32 Å². The van der Waals surface area contributed by atoms with Crippen LogP contribution >= 0.6 is 0 Å². The Bertz CT molecular complexity index is 372. The lowest BCUT2D eigenvalue weighted by Crippen LogP contribution is -2.18. The lowest BCUT2D eigenvalue weighted by atomic mass is 10.0. The zero-order valence-electron chi connectivity index (χ0n) is 12.5. The molecule has 0 heterocycles. The van der Waals surface area contributed by atoms with E-state index in [9.17, 15) is 0 Å². The van der Waals surface area contributed by atoms with Crippen molar-refractivity contribution >= 4 is 0 Å². The van der Waals surface area contributed by atoms with Gasteiger partial charge in [0.2, 0.25) is 0 Å². The van der Waals surface area contributed by atoms with E-state index in [1.807, 2.05) is 0 Å². The first-order valence-electron chi connectivity index (χ1n) is 6.89. The second-order valence-electron chi connectivity index (χ2n) is 5.31. The van der Waals surface area contributed by atoms with Gasteiger partial charge in [-0.2, -0.15) is 0 Å². The van der Waals surface area contributed by atoms with Crippen LogP contribution in [-0.2, 0) is 11.3 Å². The standard InChI is InChI=1S/C16H27NO/c1-12(2)18-8-6-7-17-11-16-10-14(4)13(3)9-15(16)5/h9-10,12,17H,6-8,11H2,1-5H3. The molecule has 0 radical (unpaired) electrons. The fraction of sp³-hybridized carbons (Fsp3) is 0.625. The van der Waals surface area contributed by atoms with Gasteiger partial charge in [0.25, 0.3) is 0 Å². The topological polar surface area (TPSA) is 21.3 Å². The Morgan fingerprint density at radius 3 is 2.39 bits per heavy atom. The molecule has 1 aromatic rings. The minimum atomic E-state index is 0.340. The predicted molar refractivity (Wildman–Crippen MR) is 78.1 cm³/mol. The van der Waals surface area contributed by atoms with Crippen LogP contribution in [0.5, 0.6) is 0 Å². The Kier molecular flexibility index (Phi) is 6.37. The molecule has 0 unspecified atom stereocenters. The molecule has 0 aliphatic rings. The molecule has 1 rings (SSSR count). The minimum absolute atomic E-state index is 0.340. The molecule has 0 saturated carbocycles. The summed E-state index contributed by atoms with van der Waals surface area (Å²) in [6, 6.07) is 4.57. The minimum Gasteiger partial charge on any atom is -0.379 e. The van der Waals surface area contributed by atoms with Crippen LogP contribution in [0.15, 0.2) is 12.1 Å². The normalized spacial score (nSPS) is 11.2. The number of hydrogen-bond acceptors (Lipinski definition) is 2. The Morgan fingerprint density at radius 2 is 1.72 bits per heavy atom. The first-order chi connectivity index (χ1) is 8.50. The SMILES string of the molecule is Cc1cc(C)c(CNCCCOC(C)C)cc1C. The number of aryl methyl sites for hydroxylation is 3. The molecule has 2 heteroatoms. The van der Waals surface area contributed by atoms with Gasteiger partial charge < -0.3 is 10.1 Å². The van der Waals surface area contributed by atoms with Crippen molar-refractivity contribution in [1.29, 1.82) is 0 Å². The summed E-state index contributed by atoms with van der Waals surface area (Å²) in [6.45, 7) is 13.5. The van der Waals surface area contributed by atoms with Crippen molar-refractivity contribution in [3.05, 3.63) is 34.4 Å². The molecule has 2 nitrogen and oxygen atoms in total. The number of nitrogens with one attached hydrogen (secondary N) is 1. The third-order valence-corrected chi connectivity index (χ3v) is 3.22. The zero-order chi connectivity index (χ0) is 13.5. The van der Waals surface area contributed by atoms with Crippen LogP contribution in [0.2, 0.25) is 0 Å². The summed E-state index contributed by atoms with van der Waals surface area (Å²) in [5, 5.41) is 3.48. The van der Waals surface area contributed by atoms with Gasteiger partial charge in [-0.05, 0) is 69.8 Å². The molecule has 18 heavy (non-hydrogen) atoms. The molecule has 1 N–H and O–H groups in total. The van der Waals surface area contributed by atoms with E-state index in [0.29, 0.717) is 6.10 Å². The van der Waals surface area contributed by atoms with E-state index in [1.54, 1.807) is 0 Å². The van der Waals surface area contributed by atoms with Crippen LogP contribution in [0.4, 0.5) is 0 Å². The van der Waals surface area contributed by atoms with Crippen LogP contribution < -0.4 is 5.32 Å². The van der Waals surface area contributed by atoms with Gasteiger partial charge in [-0.3, -0.25) is 0 Å². The average Bonchev–Trinajstić information content (AvgIpc) is 2.29. The van der Waals surface area contributed by atoms with Crippen LogP contribution in [0.25, 0.3) is 0 Å². The second kappa shape index (κ2) is 7.55. The van der Waals surface area contributed by atoms with E-state index < -0.39 is 0 Å². The van der Waals surface area contributed by atoms with E-state index >= 15 is 0 Å². The summed E-state index contributed by atoms with van der Waals surface area (Å²) in [5.74, 6) is 0. The second-order valence-corrected chi connectivity index (χ2v) is 5.31. The van der Waals surface area contributed by atoms with E-state index in [0.717, 1.165) is 26.1 Å². The Morgan fingerprint density at radius 1 is 1.06 bits per heavy atom. The number of hydrogen-bond donors (Lipinski definition) is 1. The van der Waals surface area contributed by atoms with Crippen molar-refractivity contribution in [2.45, 2.75) is 53.7 Å². The van der Waals surface area contributed by atoms with Crippen LogP contribution in [-0.4, -0.2) is 19.3 Å². The summed E-state index contributed by atoms with van der Waals surface area (Å²) in [6.07, 6.45) is 1.41. The molecule has 0 aliphatic heterocycles. The predicted octanol–water partition coefficient (Wildman–Crippen LogP) is 3.52. The highest BCUT2D eigenvalue weighted by atomic mass is 16.5. The van der Waals surface area contributed by atoms with Crippen molar-refractivity contribution < 1.29 is 4.74 Å². The molecule has 1 aromatic carbocycles. The first-order valence-corrected chi connectivity index (χ1v) is 6.89. The van der Waals surface area contributed by atoms with Gasteiger partial charge in [0.15, 0.2) is 0 Å². The summed E-state index contributed by atoms with van der Waals surface area (Å²) < 4.78 is 5.51. The summed E-state index contributed by atoms with van der Waals surface area (Å²) in [5.41, 5.74) is 5.54. The zero-order valence-corrected chi connectivity index (χ0v) is 12.5. The smallest absolute Gasteiger partial charge is 0.0518 e. The van der Waals surface area contributed by atoms with Gasteiger partial charge in [-0.15, -0.1) is 0 Å². The van der Waals surface area contributed by atoms with Crippen LogP contribution in [0, 0.1) is 20.8 Å². The van der Waals surface area contributed by atoms with Gasteiger partial charge in [-0.1, -0.05) is 12.1 Å². The average molecular weight is 249 g/mol. The molecule has 0 aliphatic carbocycles. The van der Waals surface area contributed by atoms with E-state index in [1.165, 1.54) is 22.3 Å². The Balaban J connectivity index is 2.29. The lowest BCUT2D eigenvalue weighted by molar-refractivity contribution is 0.0770. The summed E-state index contributed by atoms with van der Waals surface area (Å²) in [7, 11) is 0. The molecule has 102 valence electrons. The van der Waals surface area contributed by atoms with Gasteiger partial charge in [-0.25, -0.2) is 0 Å². The van der Waals surface area contributed by atoms with Gasteiger partial charge in [0.05, 0.1) is 6.10 Å². The maximum Gasteiger partial charge on any atom is 0.0518 e. The molecule has 0 aromatic heterocycles. The maximum atomic E-state index is 5.51. The fourth-order valence-corrected chi connectivity index (χ4v) is 1.95. The molecule has 0 amide bonds. The summed E-state index contributed by atoms with van der Waals surface area (Å²) in [4.78, 5) is 0. The Hall–Kier alpha value is -0.860. The largest absolute Gasteiger partial charge is 0.379 e.